The van der Waals surface area contributed by atoms with Crippen molar-refractivity contribution in [2.45, 2.75) is 77.3 Å². The third kappa shape index (κ3) is 11.5. The Balaban J connectivity index is 2.11. The molecule has 0 fully saturated rings. The first-order valence-corrected chi connectivity index (χ1v) is 16.0. The zero-order chi connectivity index (χ0) is 17.0. The Morgan fingerprint density at radius 1 is 0.739 bits per heavy atom. The van der Waals surface area contributed by atoms with Crippen molar-refractivity contribution in [3.63, 3.8) is 0 Å². The van der Waals surface area contributed by atoms with Crippen LogP contribution in [0.5, 0.6) is 0 Å². The van der Waals surface area contributed by atoms with Gasteiger partial charge in [-0.15, -0.1) is 0 Å². The molecule has 134 valence electrons. The Bertz CT molecular complexity index is 405. The van der Waals surface area contributed by atoms with Gasteiger partial charge in [-0.25, -0.2) is 0 Å². The molecular weight excluding hydrogens is 410 g/mol. The van der Waals surface area contributed by atoms with Gasteiger partial charge in [-0.1, -0.05) is 0 Å². The molecule has 0 N–H and O–H groups in total. The molecule has 0 amide bonds. The second-order valence-corrected chi connectivity index (χ2v) is 23.7. The molecule has 0 saturated carbocycles. The summed E-state index contributed by atoms with van der Waals surface area (Å²) in [5, 5.41) is 0. The van der Waals surface area contributed by atoms with Crippen molar-refractivity contribution in [1.29, 1.82) is 0 Å². The van der Waals surface area contributed by atoms with Crippen LogP contribution in [0.4, 0.5) is 0 Å². The van der Waals surface area contributed by atoms with Gasteiger partial charge in [0.05, 0.1) is 0 Å². The van der Waals surface area contributed by atoms with E-state index in [0.717, 1.165) is 0 Å². The third-order valence-electron chi connectivity index (χ3n) is 4.71. The van der Waals surface area contributed by atoms with Crippen LogP contribution in [0.2, 0.25) is 0 Å². The topological polar surface area (TPSA) is 0 Å². The predicted molar refractivity (Wildman–Crippen MR) is 120 cm³/mol. The molecule has 0 unspecified atom stereocenters. The van der Waals surface area contributed by atoms with Gasteiger partial charge in [0, 0.05) is 0 Å². The fourth-order valence-electron chi connectivity index (χ4n) is 3.31. The Kier molecular flexibility index (Phi) is 10.3. The zero-order valence-corrected chi connectivity index (χ0v) is 18.7. The van der Waals surface area contributed by atoms with Gasteiger partial charge in [0.2, 0.25) is 0 Å². The Hall–Kier alpha value is 0.380. The maximum atomic E-state index is 2.83. The van der Waals surface area contributed by atoms with E-state index in [-0.39, 0.29) is 0 Å². The summed E-state index contributed by atoms with van der Waals surface area (Å²) in [5.74, 6) is 0. The average molecular weight is 448 g/mol. The molecule has 0 aliphatic rings. The standard InChI is InChI=1S/C21H38IP/c1-4-5-6-7-8-9-10-11-12-16-19-23(2,3,22)20-21-17-14-13-15-18-21/h13-15,17-18H,4-12,16,19-20H2,1-3H3. The van der Waals surface area contributed by atoms with E-state index in [4.69, 9.17) is 0 Å². The van der Waals surface area contributed by atoms with Crippen LogP contribution in [-0.4, -0.2) is 19.5 Å². The van der Waals surface area contributed by atoms with Gasteiger partial charge in [-0.3, -0.25) is 0 Å². The first-order chi connectivity index (χ1) is 10.9. The normalized spacial score (nSPS) is 13.7. The molecule has 2 heteroatoms. The molecule has 0 aliphatic carbocycles. The van der Waals surface area contributed by atoms with E-state index in [1.807, 2.05) is 0 Å². The average Bonchev–Trinajstić information content (AvgIpc) is 2.49. The van der Waals surface area contributed by atoms with Crippen molar-refractivity contribution in [1.82, 2.24) is 0 Å². The summed E-state index contributed by atoms with van der Waals surface area (Å²) in [4.78, 5) is 0. The molecule has 0 atom stereocenters. The van der Waals surface area contributed by atoms with Gasteiger partial charge in [0.1, 0.15) is 0 Å². The summed E-state index contributed by atoms with van der Waals surface area (Å²) in [6.07, 6.45) is 17.1. The van der Waals surface area contributed by atoms with Crippen LogP contribution < -0.4 is 0 Å². The molecule has 0 nitrogen and oxygen atoms in total. The monoisotopic (exact) mass is 448 g/mol. The van der Waals surface area contributed by atoms with Crippen LogP contribution in [0.25, 0.3) is 0 Å². The molecule has 0 spiro atoms. The number of hydrogen-bond acceptors (Lipinski definition) is 0. The summed E-state index contributed by atoms with van der Waals surface area (Å²) >= 11 is 2.83. The third-order valence-corrected chi connectivity index (χ3v) is 10.2. The Labute approximate surface area is 158 Å². The number of hydrogen-bond donors (Lipinski definition) is 0. The van der Waals surface area contributed by atoms with Crippen molar-refractivity contribution < 1.29 is 0 Å². The van der Waals surface area contributed by atoms with Crippen molar-refractivity contribution in [2.24, 2.45) is 0 Å². The number of unbranched alkanes of at least 4 members (excludes halogenated alkanes) is 9. The summed E-state index contributed by atoms with van der Waals surface area (Å²) in [5.41, 5.74) is 1.52. The second kappa shape index (κ2) is 11.1. The summed E-state index contributed by atoms with van der Waals surface area (Å²) in [6, 6.07) is 11.1. The van der Waals surface area contributed by atoms with Crippen molar-refractivity contribution in [3.05, 3.63) is 35.9 Å². The minimum absolute atomic E-state index is 1.30. The van der Waals surface area contributed by atoms with Crippen LogP contribution in [0.1, 0.15) is 76.7 Å². The summed E-state index contributed by atoms with van der Waals surface area (Å²) < 4.78 is -1.54. The minimum atomic E-state index is -1.54. The van der Waals surface area contributed by atoms with Crippen LogP contribution >= 0.6 is 26.3 Å². The first kappa shape index (κ1) is 21.4. The zero-order valence-electron chi connectivity index (χ0n) is 15.7. The van der Waals surface area contributed by atoms with Gasteiger partial charge in [-0.05, 0) is 0 Å². The first-order valence-electron chi connectivity index (χ1n) is 9.67. The Morgan fingerprint density at radius 2 is 1.22 bits per heavy atom. The molecule has 0 aromatic heterocycles. The molecule has 0 saturated heterocycles. The van der Waals surface area contributed by atoms with Gasteiger partial charge >= 0.3 is 159 Å². The molecular formula is C21H38IP. The van der Waals surface area contributed by atoms with E-state index in [1.54, 1.807) is 0 Å². The van der Waals surface area contributed by atoms with Gasteiger partial charge in [0.15, 0.2) is 0 Å². The van der Waals surface area contributed by atoms with E-state index >= 15 is 0 Å². The van der Waals surface area contributed by atoms with Gasteiger partial charge in [0.25, 0.3) is 0 Å². The molecule has 0 heterocycles. The summed E-state index contributed by atoms with van der Waals surface area (Å²) in [7, 11) is 0. The molecule has 23 heavy (non-hydrogen) atoms. The van der Waals surface area contributed by atoms with Crippen molar-refractivity contribution in [3.8, 4) is 0 Å². The maximum absolute atomic E-state index is 2.83. The molecule has 1 aromatic carbocycles. The fraction of sp³-hybridized carbons (Fsp3) is 0.714. The van der Waals surface area contributed by atoms with Gasteiger partial charge < -0.3 is 0 Å². The van der Waals surface area contributed by atoms with Crippen LogP contribution in [-0.2, 0) is 6.16 Å². The predicted octanol–water partition coefficient (Wildman–Crippen LogP) is 8.27. The molecule has 1 rings (SSSR count). The molecule has 0 radical (unpaired) electrons. The quantitative estimate of drug-likeness (QED) is 0.162. The van der Waals surface area contributed by atoms with E-state index in [0.29, 0.717) is 0 Å². The molecule has 0 aliphatic heterocycles. The number of rotatable bonds is 13. The Morgan fingerprint density at radius 3 is 1.74 bits per heavy atom. The van der Waals surface area contributed by atoms with Crippen LogP contribution in [0.15, 0.2) is 30.3 Å². The van der Waals surface area contributed by atoms with Crippen LogP contribution in [0.3, 0.4) is 0 Å². The SMILES string of the molecule is CCCCCCCCCCCCP(C)(C)(I)Cc1ccccc1. The van der Waals surface area contributed by atoms with Gasteiger partial charge in [-0.2, -0.15) is 0 Å². The van der Waals surface area contributed by atoms with E-state index in [1.165, 1.54) is 82.1 Å². The number of benzene rings is 1. The van der Waals surface area contributed by atoms with Crippen LogP contribution in [0, 0.1) is 0 Å². The molecule has 0 bridgehead atoms. The van der Waals surface area contributed by atoms with E-state index in [9.17, 15) is 0 Å². The fourth-order valence-corrected chi connectivity index (χ4v) is 8.21. The van der Waals surface area contributed by atoms with E-state index in [2.05, 4.69) is 72.6 Å². The molecule has 1 aromatic rings. The van der Waals surface area contributed by atoms with E-state index < -0.39 is 4.25 Å². The van der Waals surface area contributed by atoms with Crippen molar-refractivity contribution >= 4 is 26.3 Å². The van der Waals surface area contributed by atoms with Crippen molar-refractivity contribution in [2.75, 3.05) is 19.5 Å². The summed E-state index contributed by atoms with van der Waals surface area (Å²) in [6.45, 7) is 7.42. The number of halogens is 1. The second-order valence-electron chi connectivity index (χ2n) is 8.06.